The molecule has 1 aliphatic heterocycles. The van der Waals surface area contributed by atoms with Gasteiger partial charge in [0.05, 0.1) is 10.2 Å². The van der Waals surface area contributed by atoms with Crippen molar-refractivity contribution in [1.82, 2.24) is 5.32 Å². The van der Waals surface area contributed by atoms with Gasteiger partial charge in [0, 0.05) is 12.6 Å². The zero-order chi connectivity index (χ0) is 13.1. The maximum absolute atomic E-state index is 13.6. The fraction of sp³-hybridized carbons (Fsp3) is 0.417. The molecule has 2 rings (SSSR count). The molecule has 0 saturated carbocycles. The number of carbonyl (C=O) groups is 1. The Balaban J connectivity index is 2.17. The van der Waals surface area contributed by atoms with Crippen molar-refractivity contribution in [3.63, 3.8) is 0 Å². The molecule has 3 nitrogen and oxygen atoms in total. The average molecular weight is 319 g/mol. The summed E-state index contributed by atoms with van der Waals surface area (Å²) in [5.74, 6) is -1.51. The van der Waals surface area contributed by atoms with Crippen LogP contribution in [0.3, 0.4) is 0 Å². The summed E-state index contributed by atoms with van der Waals surface area (Å²) in [5.41, 5.74) is 0.130. The summed E-state index contributed by atoms with van der Waals surface area (Å²) in [7, 11) is 0. The summed E-state index contributed by atoms with van der Waals surface area (Å²) in [4.78, 5) is 11.7. The van der Waals surface area contributed by atoms with Crippen LogP contribution < -0.4 is 10.6 Å². The molecule has 1 aromatic carbocycles. The van der Waals surface area contributed by atoms with Crippen LogP contribution in [0.5, 0.6) is 0 Å². The number of halogens is 3. The number of anilines is 1. The Morgan fingerprint density at radius 2 is 2.06 bits per heavy atom. The quantitative estimate of drug-likeness (QED) is 0.823. The SMILES string of the molecule is O=C1NCCCCC1Nc1cc(Br)c(F)cc1F. The van der Waals surface area contributed by atoms with E-state index in [1.165, 1.54) is 6.07 Å². The average Bonchev–Trinajstić information content (AvgIpc) is 2.52. The van der Waals surface area contributed by atoms with Crippen LogP contribution in [-0.2, 0) is 4.79 Å². The lowest BCUT2D eigenvalue weighted by Gasteiger charge is -2.17. The van der Waals surface area contributed by atoms with Crippen LogP contribution in [0.25, 0.3) is 0 Å². The van der Waals surface area contributed by atoms with Gasteiger partial charge in [-0.1, -0.05) is 0 Å². The van der Waals surface area contributed by atoms with Crippen molar-refractivity contribution in [2.45, 2.75) is 25.3 Å². The highest BCUT2D eigenvalue weighted by Gasteiger charge is 2.21. The van der Waals surface area contributed by atoms with E-state index in [1.54, 1.807) is 0 Å². The smallest absolute Gasteiger partial charge is 0.242 e. The first-order valence-electron chi connectivity index (χ1n) is 5.76. The van der Waals surface area contributed by atoms with E-state index in [9.17, 15) is 13.6 Å². The van der Waals surface area contributed by atoms with E-state index in [-0.39, 0.29) is 16.1 Å². The number of nitrogens with one attached hydrogen (secondary N) is 2. The summed E-state index contributed by atoms with van der Waals surface area (Å²) in [6.07, 6.45) is 2.44. The number of carbonyl (C=O) groups excluding carboxylic acids is 1. The van der Waals surface area contributed by atoms with Gasteiger partial charge in [-0.25, -0.2) is 8.78 Å². The van der Waals surface area contributed by atoms with E-state index in [4.69, 9.17) is 0 Å². The van der Waals surface area contributed by atoms with E-state index < -0.39 is 17.7 Å². The Labute approximate surface area is 112 Å². The van der Waals surface area contributed by atoms with Gasteiger partial charge in [0.15, 0.2) is 0 Å². The second-order valence-electron chi connectivity index (χ2n) is 4.23. The second-order valence-corrected chi connectivity index (χ2v) is 5.08. The number of rotatable bonds is 2. The van der Waals surface area contributed by atoms with E-state index >= 15 is 0 Å². The van der Waals surface area contributed by atoms with Crippen LogP contribution in [-0.4, -0.2) is 18.5 Å². The third-order valence-electron chi connectivity index (χ3n) is 2.87. The van der Waals surface area contributed by atoms with Crippen molar-refractivity contribution in [3.8, 4) is 0 Å². The van der Waals surface area contributed by atoms with Gasteiger partial charge < -0.3 is 10.6 Å². The zero-order valence-corrected chi connectivity index (χ0v) is 11.2. The molecular formula is C12H13BrF2N2O. The third-order valence-corrected chi connectivity index (χ3v) is 3.48. The summed E-state index contributed by atoms with van der Waals surface area (Å²) in [6.45, 7) is 0.645. The summed E-state index contributed by atoms with van der Waals surface area (Å²) < 4.78 is 26.8. The van der Waals surface area contributed by atoms with E-state index in [1.807, 2.05) is 0 Å². The standard InChI is InChI=1S/C12H13BrF2N2O/c13-7-5-11(9(15)6-8(7)14)17-10-3-1-2-4-16-12(10)18/h5-6,10,17H,1-4H2,(H,16,18). The van der Waals surface area contributed by atoms with Gasteiger partial charge in [0.1, 0.15) is 17.7 Å². The minimum atomic E-state index is -0.701. The van der Waals surface area contributed by atoms with Gasteiger partial charge >= 0.3 is 0 Å². The van der Waals surface area contributed by atoms with Crippen molar-refractivity contribution in [1.29, 1.82) is 0 Å². The highest BCUT2D eigenvalue weighted by molar-refractivity contribution is 9.10. The van der Waals surface area contributed by atoms with Crippen LogP contribution in [0, 0.1) is 11.6 Å². The lowest BCUT2D eigenvalue weighted by molar-refractivity contribution is -0.121. The van der Waals surface area contributed by atoms with Gasteiger partial charge in [-0.15, -0.1) is 0 Å². The third kappa shape index (κ3) is 2.98. The maximum atomic E-state index is 13.6. The Hall–Kier alpha value is -1.17. The molecular weight excluding hydrogens is 306 g/mol. The van der Waals surface area contributed by atoms with Gasteiger partial charge in [0.25, 0.3) is 0 Å². The zero-order valence-electron chi connectivity index (χ0n) is 9.60. The van der Waals surface area contributed by atoms with Gasteiger partial charge in [-0.05, 0) is 41.3 Å². The highest BCUT2D eigenvalue weighted by Crippen LogP contribution is 2.25. The van der Waals surface area contributed by atoms with Crippen LogP contribution >= 0.6 is 15.9 Å². The van der Waals surface area contributed by atoms with Crippen molar-refractivity contribution in [2.75, 3.05) is 11.9 Å². The van der Waals surface area contributed by atoms with Crippen LogP contribution in [0.15, 0.2) is 16.6 Å². The minimum absolute atomic E-state index is 0.130. The molecule has 0 spiro atoms. The fourth-order valence-corrected chi connectivity index (χ4v) is 2.24. The lowest BCUT2D eigenvalue weighted by atomic mass is 10.1. The van der Waals surface area contributed by atoms with Crippen molar-refractivity contribution in [2.24, 2.45) is 0 Å². The summed E-state index contributed by atoms with van der Waals surface area (Å²) in [5, 5.41) is 5.57. The van der Waals surface area contributed by atoms with Crippen LogP contribution in [0.4, 0.5) is 14.5 Å². The Morgan fingerprint density at radius 1 is 1.28 bits per heavy atom. The van der Waals surface area contributed by atoms with Crippen LogP contribution in [0.1, 0.15) is 19.3 Å². The molecule has 1 saturated heterocycles. The fourth-order valence-electron chi connectivity index (χ4n) is 1.90. The van der Waals surface area contributed by atoms with E-state index in [0.717, 1.165) is 18.9 Å². The molecule has 0 aliphatic carbocycles. The Bertz CT molecular complexity index is 468. The first-order chi connectivity index (χ1) is 8.58. The molecule has 1 aromatic rings. The number of benzene rings is 1. The molecule has 0 bridgehead atoms. The Morgan fingerprint density at radius 3 is 2.83 bits per heavy atom. The van der Waals surface area contributed by atoms with Crippen LogP contribution in [0.2, 0.25) is 0 Å². The molecule has 0 radical (unpaired) electrons. The molecule has 18 heavy (non-hydrogen) atoms. The summed E-state index contributed by atoms with van der Waals surface area (Å²) >= 11 is 2.99. The van der Waals surface area contributed by atoms with E-state index in [2.05, 4.69) is 26.6 Å². The van der Waals surface area contributed by atoms with Gasteiger partial charge in [-0.2, -0.15) is 0 Å². The molecule has 1 unspecified atom stereocenters. The number of hydrogen-bond donors (Lipinski definition) is 2. The largest absolute Gasteiger partial charge is 0.371 e. The van der Waals surface area contributed by atoms with E-state index in [0.29, 0.717) is 13.0 Å². The highest BCUT2D eigenvalue weighted by atomic mass is 79.9. The monoisotopic (exact) mass is 318 g/mol. The molecule has 1 heterocycles. The number of amides is 1. The maximum Gasteiger partial charge on any atom is 0.242 e. The van der Waals surface area contributed by atoms with Crippen molar-refractivity contribution >= 4 is 27.5 Å². The lowest BCUT2D eigenvalue weighted by Crippen LogP contribution is -2.38. The predicted octanol–water partition coefficient (Wildman–Crippen LogP) is 2.81. The molecule has 1 amide bonds. The summed E-state index contributed by atoms with van der Waals surface area (Å²) in [6, 6.07) is 1.63. The first kappa shape index (κ1) is 13.3. The van der Waals surface area contributed by atoms with Crippen molar-refractivity contribution in [3.05, 3.63) is 28.2 Å². The molecule has 6 heteroatoms. The van der Waals surface area contributed by atoms with Gasteiger partial charge in [-0.3, -0.25) is 4.79 Å². The minimum Gasteiger partial charge on any atom is -0.371 e. The first-order valence-corrected chi connectivity index (χ1v) is 6.56. The molecule has 0 aromatic heterocycles. The normalized spacial score (nSPS) is 20.2. The van der Waals surface area contributed by atoms with Gasteiger partial charge in [0.2, 0.25) is 5.91 Å². The second kappa shape index (κ2) is 5.65. The predicted molar refractivity (Wildman–Crippen MR) is 68.3 cm³/mol. The molecule has 1 fully saturated rings. The van der Waals surface area contributed by atoms with Crippen molar-refractivity contribution < 1.29 is 13.6 Å². The molecule has 98 valence electrons. The Kier molecular flexibility index (Phi) is 4.16. The molecule has 2 N–H and O–H groups in total. The topological polar surface area (TPSA) is 41.1 Å². The number of hydrogen-bond acceptors (Lipinski definition) is 2. The molecule has 1 aliphatic rings. The molecule has 1 atom stereocenters.